The van der Waals surface area contributed by atoms with Crippen LogP contribution >= 0.6 is 0 Å². The zero-order valence-electron chi connectivity index (χ0n) is 16.5. The minimum Gasteiger partial charge on any atom is -0.476 e. The average molecular weight is 394 g/mol. The first-order valence-corrected chi connectivity index (χ1v) is 9.17. The van der Waals surface area contributed by atoms with Crippen LogP contribution in [0.2, 0.25) is 0 Å². The van der Waals surface area contributed by atoms with Crippen LogP contribution in [0.3, 0.4) is 0 Å². The van der Waals surface area contributed by atoms with E-state index in [-0.39, 0.29) is 13.0 Å². The number of alkyl halides is 3. The third-order valence-corrected chi connectivity index (χ3v) is 4.39. The van der Waals surface area contributed by atoms with Gasteiger partial charge in [0.05, 0.1) is 12.2 Å². The lowest BCUT2D eigenvalue weighted by molar-refractivity contribution is -0.160. The highest BCUT2D eigenvalue weighted by Crippen LogP contribution is 2.31. The van der Waals surface area contributed by atoms with Crippen LogP contribution in [0, 0.1) is 0 Å². The van der Waals surface area contributed by atoms with E-state index < -0.39 is 23.3 Å². The van der Waals surface area contributed by atoms with Gasteiger partial charge in [-0.05, 0) is 49.1 Å². The molecule has 2 aromatic rings. The zero-order chi connectivity index (χ0) is 20.9. The quantitative estimate of drug-likeness (QED) is 0.559. The second-order valence-electron chi connectivity index (χ2n) is 7.15. The predicted octanol–water partition coefficient (Wildman–Crippen LogP) is 5.77. The molecule has 0 radical (unpaired) electrons. The first-order chi connectivity index (χ1) is 13.0. The Bertz CT molecular complexity index is 797. The van der Waals surface area contributed by atoms with E-state index in [1.54, 1.807) is 19.1 Å². The smallest absolute Gasteiger partial charge is 0.416 e. The van der Waals surface area contributed by atoms with Gasteiger partial charge in [0.1, 0.15) is 5.75 Å². The van der Waals surface area contributed by atoms with Crippen molar-refractivity contribution in [3.8, 4) is 5.75 Å². The molecule has 2 rings (SSSR count). The van der Waals surface area contributed by atoms with Crippen molar-refractivity contribution in [3.05, 3.63) is 65.2 Å². The molecule has 6 heteroatoms. The fraction of sp³-hybridized carbons (Fsp3) is 0.409. The summed E-state index contributed by atoms with van der Waals surface area (Å²) in [5.41, 5.74) is -0.774. The fourth-order valence-electron chi connectivity index (χ4n) is 2.86. The molecule has 0 saturated carbocycles. The Morgan fingerprint density at radius 1 is 1.07 bits per heavy atom. The maximum absolute atomic E-state index is 13.0. The summed E-state index contributed by atoms with van der Waals surface area (Å²) in [4.78, 5) is 12.6. The first-order valence-electron chi connectivity index (χ1n) is 9.17. The number of benzene rings is 2. The van der Waals surface area contributed by atoms with Crippen LogP contribution in [-0.2, 0) is 22.1 Å². The van der Waals surface area contributed by atoms with E-state index in [0.717, 1.165) is 17.7 Å². The van der Waals surface area contributed by atoms with Crippen LogP contribution in [-0.4, -0.2) is 18.2 Å². The Morgan fingerprint density at radius 3 is 2.25 bits per heavy atom. The molecule has 0 spiro atoms. The summed E-state index contributed by atoms with van der Waals surface area (Å²) in [6.45, 7) is 7.47. The molecule has 152 valence electrons. The van der Waals surface area contributed by atoms with E-state index in [1.807, 2.05) is 12.1 Å². The number of carbonyl (C=O) groups excluding carboxylic acids is 1. The van der Waals surface area contributed by atoms with E-state index in [2.05, 4.69) is 13.8 Å². The van der Waals surface area contributed by atoms with Crippen molar-refractivity contribution < 1.29 is 27.4 Å². The van der Waals surface area contributed by atoms with Crippen LogP contribution < -0.4 is 4.74 Å². The topological polar surface area (TPSA) is 35.5 Å². The van der Waals surface area contributed by atoms with E-state index in [0.29, 0.717) is 17.2 Å². The molecule has 0 aliphatic heterocycles. The number of halogens is 3. The van der Waals surface area contributed by atoms with Gasteiger partial charge in [-0.3, -0.25) is 0 Å². The number of esters is 1. The van der Waals surface area contributed by atoms with Gasteiger partial charge in [0.25, 0.3) is 0 Å². The van der Waals surface area contributed by atoms with Crippen molar-refractivity contribution in [1.82, 2.24) is 0 Å². The minimum absolute atomic E-state index is 0.0539. The number of carbonyl (C=O) groups is 1. The SMILES string of the molecule is CCOC(=O)C(C)(Cc1cccc(C(F)(F)F)c1)Oc1ccc(C(C)C)cc1. The fourth-order valence-corrected chi connectivity index (χ4v) is 2.86. The van der Waals surface area contributed by atoms with Crippen molar-refractivity contribution >= 4 is 5.97 Å². The maximum Gasteiger partial charge on any atom is 0.416 e. The highest BCUT2D eigenvalue weighted by atomic mass is 19.4. The summed E-state index contributed by atoms with van der Waals surface area (Å²) < 4.78 is 50.1. The van der Waals surface area contributed by atoms with Gasteiger partial charge in [-0.1, -0.05) is 44.2 Å². The molecule has 0 fully saturated rings. The molecule has 3 nitrogen and oxygen atoms in total. The Labute approximate surface area is 163 Å². The largest absolute Gasteiger partial charge is 0.476 e. The van der Waals surface area contributed by atoms with Crippen molar-refractivity contribution in [1.29, 1.82) is 0 Å². The number of hydrogen-bond acceptors (Lipinski definition) is 3. The molecule has 0 aliphatic rings. The molecular formula is C22H25F3O3. The Hall–Kier alpha value is -2.50. The molecule has 0 saturated heterocycles. The van der Waals surface area contributed by atoms with Gasteiger partial charge in [-0.15, -0.1) is 0 Å². The molecule has 0 N–H and O–H groups in total. The molecule has 0 amide bonds. The molecule has 0 heterocycles. The highest BCUT2D eigenvalue weighted by molar-refractivity contribution is 5.80. The molecule has 1 atom stereocenters. The number of ether oxygens (including phenoxy) is 2. The van der Waals surface area contributed by atoms with E-state index in [4.69, 9.17) is 9.47 Å². The second-order valence-corrected chi connectivity index (χ2v) is 7.15. The van der Waals surface area contributed by atoms with Crippen molar-refractivity contribution in [3.63, 3.8) is 0 Å². The third kappa shape index (κ3) is 5.50. The van der Waals surface area contributed by atoms with Crippen molar-refractivity contribution in [2.24, 2.45) is 0 Å². The lowest BCUT2D eigenvalue weighted by atomic mass is 9.94. The van der Waals surface area contributed by atoms with Gasteiger partial charge in [0, 0.05) is 6.42 Å². The predicted molar refractivity (Wildman–Crippen MR) is 101 cm³/mol. The van der Waals surface area contributed by atoms with E-state index >= 15 is 0 Å². The molecule has 2 aromatic carbocycles. The van der Waals surface area contributed by atoms with Crippen LogP contribution in [0.4, 0.5) is 13.2 Å². The van der Waals surface area contributed by atoms with Gasteiger partial charge in [-0.2, -0.15) is 13.2 Å². The van der Waals surface area contributed by atoms with E-state index in [9.17, 15) is 18.0 Å². The molecule has 0 aromatic heterocycles. The molecule has 0 aliphatic carbocycles. The normalized spacial score (nSPS) is 13.9. The summed E-state index contributed by atoms with van der Waals surface area (Å²) in [7, 11) is 0. The lowest BCUT2D eigenvalue weighted by Crippen LogP contribution is -2.45. The Kier molecular flexibility index (Phi) is 6.75. The van der Waals surface area contributed by atoms with Crippen LogP contribution in [0.25, 0.3) is 0 Å². The Balaban J connectivity index is 2.31. The van der Waals surface area contributed by atoms with Gasteiger partial charge in [-0.25, -0.2) is 4.79 Å². The molecule has 0 bridgehead atoms. The molecular weight excluding hydrogens is 369 g/mol. The zero-order valence-corrected chi connectivity index (χ0v) is 16.5. The maximum atomic E-state index is 13.0. The Morgan fingerprint density at radius 2 is 1.71 bits per heavy atom. The van der Waals surface area contributed by atoms with Gasteiger partial charge < -0.3 is 9.47 Å². The van der Waals surface area contributed by atoms with Crippen LogP contribution in [0.1, 0.15) is 50.3 Å². The second kappa shape index (κ2) is 8.67. The van der Waals surface area contributed by atoms with E-state index in [1.165, 1.54) is 19.1 Å². The molecule has 1 unspecified atom stereocenters. The van der Waals surface area contributed by atoms with Gasteiger partial charge in [0.2, 0.25) is 5.60 Å². The lowest BCUT2D eigenvalue weighted by Gasteiger charge is -2.29. The average Bonchev–Trinajstić information content (AvgIpc) is 2.61. The summed E-state index contributed by atoms with van der Waals surface area (Å²) in [6, 6.07) is 12.2. The summed E-state index contributed by atoms with van der Waals surface area (Å²) in [5, 5.41) is 0. The van der Waals surface area contributed by atoms with Gasteiger partial charge in [0.15, 0.2) is 0 Å². The monoisotopic (exact) mass is 394 g/mol. The van der Waals surface area contributed by atoms with Gasteiger partial charge >= 0.3 is 12.1 Å². The van der Waals surface area contributed by atoms with Crippen molar-refractivity contribution in [2.45, 2.75) is 51.8 Å². The van der Waals surface area contributed by atoms with Crippen molar-refractivity contribution in [2.75, 3.05) is 6.61 Å². The highest BCUT2D eigenvalue weighted by Gasteiger charge is 2.38. The third-order valence-electron chi connectivity index (χ3n) is 4.39. The summed E-state index contributed by atoms with van der Waals surface area (Å²) in [5.74, 6) is 0.169. The number of hydrogen-bond donors (Lipinski definition) is 0. The number of rotatable bonds is 7. The first kappa shape index (κ1) is 21.8. The standard InChI is InChI=1S/C22H25F3O3/c1-5-27-20(26)21(4,28-19-11-9-17(10-12-19)15(2)3)14-16-7-6-8-18(13-16)22(23,24)25/h6-13,15H,5,14H2,1-4H3. The summed E-state index contributed by atoms with van der Waals surface area (Å²) in [6.07, 6.45) is -4.51. The van der Waals surface area contributed by atoms with Crippen LogP contribution in [0.5, 0.6) is 5.75 Å². The van der Waals surface area contributed by atoms with Crippen LogP contribution in [0.15, 0.2) is 48.5 Å². The summed E-state index contributed by atoms with van der Waals surface area (Å²) >= 11 is 0. The minimum atomic E-state index is -4.45. The molecule has 28 heavy (non-hydrogen) atoms.